The molecular formula is C18H29N3OS. The van der Waals surface area contributed by atoms with Crippen LogP contribution < -0.4 is 5.32 Å². The van der Waals surface area contributed by atoms with E-state index in [1.165, 1.54) is 16.9 Å². The van der Waals surface area contributed by atoms with Crippen LogP contribution in [0.25, 0.3) is 0 Å². The summed E-state index contributed by atoms with van der Waals surface area (Å²) in [7, 11) is 2.18. The second-order valence-corrected chi connectivity index (χ2v) is 8.41. The number of carbonyl (C=O) groups excluding carboxylic acids is 1. The molecule has 1 amide bonds. The summed E-state index contributed by atoms with van der Waals surface area (Å²) < 4.78 is 0. The van der Waals surface area contributed by atoms with Crippen molar-refractivity contribution in [1.82, 2.24) is 15.1 Å². The van der Waals surface area contributed by atoms with Crippen LogP contribution in [0.1, 0.15) is 40.4 Å². The Morgan fingerprint density at radius 1 is 1.26 bits per heavy atom. The Morgan fingerprint density at radius 3 is 2.65 bits per heavy atom. The van der Waals surface area contributed by atoms with Crippen molar-refractivity contribution < 1.29 is 4.79 Å². The zero-order valence-corrected chi connectivity index (χ0v) is 15.4. The van der Waals surface area contributed by atoms with E-state index in [-0.39, 0.29) is 5.91 Å². The fraction of sp³-hybridized carbons (Fsp3) is 0.722. The molecule has 1 saturated heterocycles. The van der Waals surface area contributed by atoms with Crippen LogP contribution in [-0.2, 0) is 12.8 Å². The number of nitrogens with zero attached hydrogens (tertiary/aromatic N) is 2. The molecule has 0 radical (unpaired) electrons. The number of thiophene rings is 1. The molecule has 2 aliphatic rings. The molecule has 1 N–H and O–H groups in total. The Bertz CT molecular complexity index is 525. The van der Waals surface area contributed by atoms with Crippen LogP contribution in [-0.4, -0.2) is 61.5 Å². The Kier molecular flexibility index (Phi) is 5.39. The van der Waals surface area contributed by atoms with Crippen molar-refractivity contribution in [1.29, 1.82) is 0 Å². The number of fused-ring (bicyclic) bond motifs is 1. The summed E-state index contributed by atoms with van der Waals surface area (Å²) in [6, 6.07) is 2.54. The van der Waals surface area contributed by atoms with Gasteiger partial charge in [-0.15, -0.1) is 11.3 Å². The number of aryl methyl sites for hydroxylation is 2. The first-order chi connectivity index (χ1) is 11.0. The van der Waals surface area contributed by atoms with E-state index >= 15 is 0 Å². The SMILES string of the molecule is CC(C)[C@@H](CNC(=O)c1cc2c(s1)CCC2)N1CCN(C)CC1. The van der Waals surface area contributed by atoms with Gasteiger partial charge in [0.05, 0.1) is 4.88 Å². The van der Waals surface area contributed by atoms with E-state index in [1.807, 2.05) is 0 Å². The minimum absolute atomic E-state index is 0.115. The summed E-state index contributed by atoms with van der Waals surface area (Å²) in [6.45, 7) is 9.71. The van der Waals surface area contributed by atoms with Crippen molar-refractivity contribution in [3.8, 4) is 0 Å². The highest BCUT2D eigenvalue weighted by Crippen LogP contribution is 2.30. The van der Waals surface area contributed by atoms with Crippen LogP contribution >= 0.6 is 11.3 Å². The third-order valence-corrected chi connectivity index (χ3v) is 6.45. The van der Waals surface area contributed by atoms with Crippen molar-refractivity contribution in [2.24, 2.45) is 5.92 Å². The van der Waals surface area contributed by atoms with E-state index in [0.717, 1.165) is 50.4 Å². The molecule has 1 atom stereocenters. The van der Waals surface area contributed by atoms with Crippen molar-refractivity contribution in [3.05, 3.63) is 21.4 Å². The van der Waals surface area contributed by atoms with E-state index in [9.17, 15) is 4.79 Å². The molecular weight excluding hydrogens is 306 g/mol. The fourth-order valence-electron chi connectivity index (χ4n) is 3.67. The Labute approximate surface area is 143 Å². The zero-order chi connectivity index (χ0) is 16.4. The molecule has 1 aliphatic heterocycles. The third kappa shape index (κ3) is 3.95. The van der Waals surface area contributed by atoms with E-state index in [2.05, 4.69) is 42.1 Å². The summed E-state index contributed by atoms with van der Waals surface area (Å²) in [5, 5.41) is 3.19. The number of rotatable bonds is 5. The van der Waals surface area contributed by atoms with Gasteiger partial charge < -0.3 is 10.2 Å². The highest BCUT2D eigenvalue weighted by Gasteiger charge is 2.26. The quantitative estimate of drug-likeness (QED) is 0.896. The summed E-state index contributed by atoms with van der Waals surface area (Å²) in [4.78, 5) is 19.7. The van der Waals surface area contributed by atoms with Gasteiger partial charge in [0.2, 0.25) is 0 Å². The first-order valence-corrected chi connectivity index (χ1v) is 9.68. The molecule has 1 aliphatic carbocycles. The van der Waals surface area contributed by atoms with E-state index in [1.54, 1.807) is 11.3 Å². The Hall–Kier alpha value is -0.910. The molecule has 3 rings (SSSR count). The van der Waals surface area contributed by atoms with E-state index in [0.29, 0.717) is 12.0 Å². The number of likely N-dealkylation sites (N-methyl/N-ethyl adjacent to an activating group) is 1. The lowest BCUT2D eigenvalue weighted by atomic mass is 10.0. The normalized spacial score (nSPS) is 20.7. The molecule has 0 saturated carbocycles. The zero-order valence-electron chi connectivity index (χ0n) is 14.6. The predicted molar refractivity (Wildman–Crippen MR) is 96.4 cm³/mol. The van der Waals surface area contributed by atoms with Gasteiger partial charge in [0.15, 0.2) is 0 Å². The van der Waals surface area contributed by atoms with Gasteiger partial charge >= 0.3 is 0 Å². The average molecular weight is 336 g/mol. The summed E-state index contributed by atoms with van der Waals surface area (Å²) >= 11 is 1.69. The molecule has 0 unspecified atom stereocenters. The first kappa shape index (κ1) is 16.9. The highest BCUT2D eigenvalue weighted by atomic mass is 32.1. The third-order valence-electron chi connectivity index (χ3n) is 5.22. The van der Waals surface area contributed by atoms with E-state index < -0.39 is 0 Å². The molecule has 5 heteroatoms. The van der Waals surface area contributed by atoms with Crippen molar-refractivity contribution in [3.63, 3.8) is 0 Å². The van der Waals surface area contributed by atoms with Crippen molar-refractivity contribution in [2.45, 2.75) is 39.2 Å². The maximum Gasteiger partial charge on any atom is 0.261 e. The monoisotopic (exact) mass is 335 g/mol. The van der Waals surface area contributed by atoms with Gasteiger partial charge in [-0.1, -0.05) is 13.8 Å². The van der Waals surface area contributed by atoms with Crippen molar-refractivity contribution in [2.75, 3.05) is 39.8 Å². The summed E-state index contributed by atoms with van der Waals surface area (Å²) in [5.74, 6) is 0.663. The van der Waals surface area contributed by atoms with Gasteiger partial charge in [-0.25, -0.2) is 0 Å². The number of nitrogens with one attached hydrogen (secondary N) is 1. The second-order valence-electron chi connectivity index (χ2n) is 7.27. The van der Waals surface area contributed by atoms with Crippen LogP contribution in [0.3, 0.4) is 0 Å². The number of hydrogen-bond donors (Lipinski definition) is 1. The number of carbonyl (C=O) groups is 1. The molecule has 0 aromatic carbocycles. The van der Waals surface area contributed by atoms with Crippen molar-refractivity contribution >= 4 is 17.2 Å². The van der Waals surface area contributed by atoms with Crippen LogP contribution in [0.15, 0.2) is 6.07 Å². The number of piperazine rings is 1. The maximum atomic E-state index is 12.5. The molecule has 128 valence electrons. The lowest BCUT2D eigenvalue weighted by molar-refractivity contribution is 0.0793. The minimum Gasteiger partial charge on any atom is -0.350 e. The summed E-state index contributed by atoms with van der Waals surface area (Å²) in [6.07, 6.45) is 3.56. The molecule has 1 aromatic heterocycles. The second kappa shape index (κ2) is 7.32. The minimum atomic E-state index is 0.115. The van der Waals surface area contributed by atoms with Gasteiger partial charge in [0, 0.05) is 43.6 Å². The van der Waals surface area contributed by atoms with Gasteiger partial charge in [-0.05, 0) is 43.9 Å². The first-order valence-electron chi connectivity index (χ1n) is 8.87. The molecule has 0 bridgehead atoms. The lowest BCUT2D eigenvalue weighted by Crippen LogP contribution is -2.54. The van der Waals surface area contributed by atoms with Gasteiger partial charge in [-0.2, -0.15) is 0 Å². The van der Waals surface area contributed by atoms with Crippen LogP contribution in [0.2, 0.25) is 0 Å². The van der Waals surface area contributed by atoms with Crippen LogP contribution in [0.4, 0.5) is 0 Å². The molecule has 1 aromatic rings. The fourth-order valence-corrected chi connectivity index (χ4v) is 4.84. The topological polar surface area (TPSA) is 35.6 Å². The summed E-state index contributed by atoms with van der Waals surface area (Å²) in [5.41, 5.74) is 1.40. The van der Waals surface area contributed by atoms with Crippen LogP contribution in [0.5, 0.6) is 0 Å². The number of hydrogen-bond acceptors (Lipinski definition) is 4. The van der Waals surface area contributed by atoms with Gasteiger partial charge in [-0.3, -0.25) is 9.69 Å². The maximum absolute atomic E-state index is 12.5. The predicted octanol–water partition coefficient (Wildman–Crippen LogP) is 2.24. The average Bonchev–Trinajstić information content (AvgIpc) is 3.10. The molecule has 23 heavy (non-hydrogen) atoms. The van der Waals surface area contributed by atoms with Crippen LogP contribution in [0, 0.1) is 5.92 Å². The highest BCUT2D eigenvalue weighted by molar-refractivity contribution is 7.14. The molecule has 1 fully saturated rings. The number of amides is 1. The van der Waals surface area contributed by atoms with E-state index in [4.69, 9.17) is 0 Å². The lowest BCUT2D eigenvalue weighted by Gasteiger charge is -2.39. The standard InChI is InChI=1S/C18H29N3OS/c1-13(2)15(21-9-7-20(3)8-10-21)12-19-18(22)17-11-14-5-4-6-16(14)23-17/h11,13,15H,4-10,12H2,1-3H3,(H,19,22)/t15-/m1/s1. The molecule has 0 spiro atoms. The van der Waals surface area contributed by atoms with Gasteiger partial charge in [0.1, 0.15) is 0 Å². The largest absolute Gasteiger partial charge is 0.350 e. The molecule has 2 heterocycles. The Morgan fingerprint density at radius 2 is 2.00 bits per heavy atom. The Balaban J connectivity index is 1.56. The van der Waals surface area contributed by atoms with Gasteiger partial charge in [0.25, 0.3) is 5.91 Å². The molecule has 4 nitrogen and oxygen atoms in total. The smallest absolute Gasteiger partial charge is 0.261 e.